The quantitative estimate of drug-likeness (QED) is 0.501. The molecule has 0 fully saturated rings. The predicted octanol–water partition coefficient (Wildman–Crippen LogP) is 3.79. The van der Waals surface area contributed by atoms with Crippen LogP contribution < -0.4 is 11.1 Å². The molecular weight excluding hydrogens is 371 g/mol. The lowest BCUT2D eigenvalue weighted by atomic mass is 10.1. The van der Waals surface area contributed by atoms with Crippen LogP contribution in [-0.2, 0) is 6.54 Å². The van der Waals surface area contributed by atoms with Crippen LogP contribution in [0.15, 0.2) is 48.8 Å². The highest BCUT2D eigenvalue weighted by atomic mass is 19.1. The van der Waals surface area contributed by atoms with Crippen molar-refractivity contribution >= 4 is 22.8 Å². The second-order valence-corrected chi connectivity index (χ2v) is 6.21. The number of nitrogens with zero attached hydrogens (tertiary/aromatic N) is 2. The fraction of sp³-hybridized carbons (Fsp3) is 0.0526. The van der Waals surface area contributed by atoms with Crippen molar-refractivity contribution in [2.45, 2.75) is 6.54 Å². The van der Waals surface area contributed by atoms with Crippen LogP contribution in [0, 0.1) is 17.5 Å². The average Bonchev–Trinajstić information content (AvgIpc) is 3.24. The Morgan fingerprint density at radius 2 is 1.86 bits per heavy atom. The van der Waals surface area contributed by atoms with Crippen molar-refractivity contribution in [3.05, 3.63) is 71.8 Å². The Labute approximate surface area is 156 Å². The molecule has 0 radical (unpaired) electrons. The molecule has 0 aliphatic heterocycles. The number of aromatic amines is 1. The fourth-order valence-electron chi connectivity index (χ4n) is 3.03. The Morgan fingerprint density at radius 3 is 2.54 bits per heavy atom. The van der Waals surface area contributed by atoms with Crippen molar-refractivity contribution in [2.24, 2.45) is 0 Å². The maximum atomic E-state index is 14.6. The summed E-state index contributed by atoms with van der Waals surface area (Å²) in [6.07, 6.45) is 2.90. The van der Waals surface area contributed by atoms with Crippen molar-refractivity contribution in [3.8, 4) is 11.1 Å². The van der Waals surface area contributed by atoms with Gasteiger partial charge in [-0.2, -0.15) is 5.10 Å². The molecule has 0 bridgehead atoms. The number of hydrogen-bond acceptors (Lipinski definition) is 3. The molecule has 6 nitrogen and oxygen atoms in total. The highest BCUT2D eigenvalue weighted by molar-refractivity contribution is 5.94. The Hall–Kier alpha value is -3.75. The minimum Gasteiger partial charge on any atom is -0.384 e. The highest BCUT2D eigenvalue weighted by Gasteiger charge is 2.15. The molecule has 2 heterocycles. The maximum absolute atomic E-state index is 14.6. The van der Waals surface area contributed by atoms with Crippen LogP contribution in [0.3, 0.4) is 0 Å². The van der Waals surface area contributed by atoms with E-state index < -0.39 is 23.5 Å². The second kappa shape index (κ2) is 6.76. The first-order chi connectivity index (χ1) is 13.4. The van der Waals surface area contributed by atoms with Gasteiger partial charge in [0.05, 0.1) is 11.7 Å². The van der Waals surface area contributed by atoms with E-state index in [-0.39, 0.29) is 23.5 Å². The van der Waals surface area contributed by atoms with Gasteiger partial charge < -0.3 is 11.1 Å². The van der Waals surface area contributed by atoms with Crippen LogP contribution in [0.4, 0.5) is 23.8 Å². The van der Waals surface area contributed by atoms with Gasteiger partial charge in [0, 0.05) is 35.3 Å². The summed E-state index contributed by atoms with van der Waals surface area (Å²) in [4.78, 5) is 12.4. The zero-order valence-corrected chi connectivity index (χ0v) is 14.3. The summed E-state index contributed by atoms with van der Waals surface area (Å²) in [6.45, 7) is -0.0840. The van der Waals surface area contributed by atoms with Gasteiger partial charge in [-0.3, -0.25) is 9.67 Å². The molecule has 0 atom stereocenters. The number of anilines is 1. The summed E-state index contributed by atoms with van der Waals surface area (Å²) in [7, 11) is 0. The molecule has 0 aliphatic rings. The topological polar surface area (TPSA) is 88.7 Å². The first-order valence-electron chi connectivity index (χ1n) is 8.25. The predicted molar refractivity (Wildman–Crippen MR) is 97.9 cm³/mol. The molecule has 0 saturated heterocycles. The Kier molecular flexibility index (Phi) is 4.26. The van der Waals surface area contributed by atoms with E-state index in [0.29, 0.717) is 16.5 Å². The van der Waals surface area contributed by atoms with Crippen molar-refractivity contribution < 1.29 is 18.0 Å². The molecule has 0 spiro atoms. The molecule has 4 N–H and O–H groups in total. The first kappa shape index (κ1) is 17.7. The number of amides is 1. The number of carbonyl (C=O) groups excluding carboxylic acids is 1. The largest absolute Gasteiger partial charge is 0.384 e. The third-order valence-corrected chi connectivity index (χ3v) is 4.32. The zero-order valence-electron chi connectivity index (χ0n) is 14.3. The van der Waals surface area contributed by atoms with Crippen LogP contribution >= 0.6 is 0 Å². The minimum absolute atomic E-state index is 0.0840. The number of H-pyrrole nitrogens is 1. The van der Waals surface area contributed by atoms with Crippen molar-refractivity contribution in [2.75, 3.05) is 5.73 Å². The number of benzene rings is 2. The summed E-state index contributed by atoms with van der Waals surface area (Å²) in [5.41, 5.74) is 7.03. The SMILES string of the molecule is Nc1[nH]ncc1-c1cc2ccn(C(=O)NCc3cc(F)cc(F)c3)c2cc1F. The van der Waals surface area contributed by atoms with E-state index in [2.05, 4.69) is 15.5 Å². The van der Waals surface area contributed by atoms with Gasteiger partial charge in [0.1, 0.15) is 23.3 Å². The number of nitrogen functional groups attached to an aromatic ring is 1. The number of carbonyl (C=O) groups is 1. The van der Waals surface area contributed by atoms with E-state index in [1.807, 2.05) is 0 Å². The van der Waals surface area contributed by atoms with Gasteiger partial charge in [0.15, 0.2) is 0 Å². The van der Waals surface area contributed by atoms with Crippen molar-refractivity contribution in [1.29, 1.82) is 0 Å². The lowest BCUT2D eigenvalue weighted by Crippen LogP contribution is -2.27. The molecule has 0 unspecified atom stereocenters. The molecule has 1 amide bonds. The summed E-state index contributed by atoms with van der Waals surface area (Å²) >= 11 is 0. The van der Waals surface area contributed by atoms with Gasteiger partial charge in [0.25, 0.3) is 0 Å². The standard InChI is InChI=1S/C19H14F3N5O/c20-12-3-10(4-13(21)6-12)8-24-19(28)27-2-1-11-5-14(16(22)7-17(11)27)15-9-25-26-18(15)23/h1-7,9H,8H2,(H,24,28)(H3,23,25,26). The molecule has 142 valence electrons. The van der Waals surface area contributed by atoms with Gasteiger partial charge in [0.2, 0.25) is 0 Å². The van der Waals surface area contributed by atoms with Crippen LogP contribution in [0.25, 0.3) is 22.0 Å². The molecule has 0 saturated carbocycles. The van der Waals surface area contributed by atoms with Crippen LogP contribution in [0.1, 0.15) is 5.56 Å². The van der Waals surface area contributed by atoms with Crippen molar-refractivity contribution in [1.82, 2.24) is 20.1 Å². The molecule has 2 aromatic carbocycles. The van der Waals surface area contributed by atoms with E-state index in [1.54, 1.807) is 12.1 Å². The summed E-state index contributed by atoms with van der Waals surface area (Å²) in [5, 5.41) is 9.49. The van der Waals surface area contributed by atoms with E-state index >= 15 is 0 Å². The summed E-state index contributed by atoms with van der Waals surface area (Å²) < 4.78 is 42.3. The normalized spacial score (nSPS) is 11.1. The number of rotatable bonds is 3. The number of nitrogens with two attached hydrogens (primary N) is 1. The molecule has 9 heteroatoms. The fourth-order valence-corrected chi connectivity index (χ4v) is 3.03. The van der Waals surface area contributed by atoms with E-state index in [0.717, 1.165) is 18.2 Å². The van der Waals surface area contributed by atoms with E-state index in [1.165, 1.54) is 23.0 Å². The third kappa shape index (κ3) is 3.18. The number of halogens is 3. The molecule has 28 heavy (non-hydrogen) atoms. The number of fused-ring (bicyclic) bond motifs is 1. The van der Waals surface area contributed by atoms with Gasteiger partial charge in [-0.25, -0.2) is 18.0 Å². The Morgan fingerprint density at radius 1 is 1.11 bits per heavy atom. The molecular formula is C19H14F3N5O. The van der Waals surface area contributed by atoms with Gasteiger partial charge in [-0.05, 0) is 35.9 Å². The minimum atomic E-state index is -0.733. The Balaban J connectivity index is 1.61. The number of nitrogens with one attached hydrogen (secondary N) is 2. The first-order valence-corrected chi connectivity index (χ1v) is 8.25. The second-order valence-electron chi connectivity index (χ2n) is 6.21. The summed E-state index contributed by atoms with van der Waals surface area (Å²) in [5.74, 6) is -1.80. The van der Waals surface area contributed by atoms with Crippen molar-refractivity contribution in [3.63, 3.8) is 0 Å². The van der Waals surface area contributed by atoms with Gasteiger partial charge >= 0.3 is 6.03 Å². The average molecular weight is 385 g/mol. The van der Waals surface area contributed by atoms with Gasteiger partial charge in [-0.1, -0.05) is 0 Å². The van der Waals surface area contributed by atoms with E-state index in [9.17, 15) is 18.0 Å². The van der Waals surface area contributed by atoms with Crippen LogP contribution in [0.2, 0.25) is 0 Å². The van der Waals surface area contributed by atoms with Gasteiger partial charge in [-0.15, -0.1) is 0 Å². The number of hydrogen-bond donors (Lipinski definition) is 3. The molecule has 2 aromatic heterocycles. The van der Waals surface area contributed by atoms with Crippen LogP contribution in [-0.4, -0.2) is 20.8 Å². The Bertz CT molecular complexity index is 1180. The monoisotopic (exact) mass is 385 g/mol. The lowest BCUT2D eigenvalue weighted by Gasteiger charge is -2.09. The van der Waals surface area contributed by atoms with Crippen LogP contribution in [0.5, 0.6) is 0 Å². The highest BCUT2D eigenvalue weighted by Crippen LogP contribution is 2.30. The van der Waals surface area contributed by atoms with E-state index in [4.69, 9.17) is 5.73 Å². The number of aromatic nitrogens is 3. The lowest BCUT2D eigenvalue weighted by molar-refractivity contribution is 0.243. The maximum Gasteiger partial charge on any atom is 0.326 e. The third-order valence-electron chi connectivity index (χ3n) is 4.32. The molecule has 4 aromatic rings. The smallest absolute Gasteiger partial charge is 0.326 e. The molecule has 4 rings (SSSR count). The summed E-state index contributed by atoms with van der Waals surface area (Å²) in [6, 6.07) is 6.87. The molecule has 0 aliphatic carbocycles. The zero-order chi connectivity index (χ0) is 19.8.